The zero-order chi connectivity index (χ0) is 19.2. The summed E-state index contributed by atoms with van der Waals surface area (Å²) in [6, 6.07) is 14.3. The summed E-state index contributed by atoms with van der Waals surface area (Å²) in [5.74, 6) is 2.33. The van der Waals surface area contributed by atoms with Gasteiger partial charge in [0.15, 0.2) is 11.7 Å². The summed E-state index contributed by atoms with van der Waals surface area (Å²) < 4.78 is 5.88. The van der Waals surface area contributed by atoms with Gasteiger partial charge in [0.1, 0.15) is 6.54 Å². The maximum atomic E-state index is 5.88. The number of oxazole rings is 1. The van der Waals surface area contributed by atoms with Gasteiger partial charge in [0, 0.05) is 38.3 Å². The third kappa shape index (κ3) is 4.36. The molecule has 0 aliphatic carbocycles. The summed E-state index contributed by atoms with van der Waals surface area (Å²) in [5, 5.41) is 6.88. The monoisotopic (exact) mass is 395 g/mol. The van der Waals surface area contributed by atoms with Gasteiger partial charge in [-0.1, -0.05) is 30.3 Å². The smallest absolute Gasteiger partial charge is 0.216 e. The number of rotatable bonds is 5. The Morgan fingerprint density at radius 2 is 1.96 bits per heavy atom. The number of thiophene rings is 1. The lowest BCUT2D eigenvalue weighted by Crippen LogP contribution is -2.52. The van der Waals surface area contributed by atoms with E-state index in [-0.39, 0.29) is 0 Å². The molecule has 1 aliphatic rings. The van der Waals surface area contributed by atoms with E-state index in [1.165, 1.54) is 5.00 Å². The van der Waals surface area contributed by atoms with E-state index in [1.807, 2.05) is 30.3 Å². The van der Waals surface area contributed by atoms with Crippen molar-refractivity contribution in [3.8, 4) is 11.3 Å². The lowest BCUT2D eigenvalue weighted by atomic mass is 10.2. The Labute approximate surface area is 169 Å². The second kappa shape index (κ2) is 8.93. The van der Waals surface area contributed by atoms with Crippen molar-refractivity contribution in [2.24, 2.45) is 4.99 Å². The third-order valence-electron chi connectivity index (χ3n) is 4.71. The van der Waals surface area contributed by atoms with Crippen LogP contribution in [0.4, 0.5) is 5.00 Å². The van der Waals surface area contributed by atoms with Crippen molar-refractivity contribution < 1.29 is 4.42 Å². The fourth-order valence-electron chi connectivity index (χ4n) is 3.28. The highest BCUT2D eigenvalue weighted by Gasteiger charge is 2.20. The standard InChI is InChI=1S/C21H25N5OS/c1-2-22-21(26-12-10-25(11-13-26)20-9-6-14-28-20)24-16-19-23-15-18(27-19)17-7-4-3-5-8-17/h3-9,14-15H,2,10-13,16H2,1H3,(H,22,24). The number of nitrogens with one attached hydrogen (secondary N) is 1. The van der Waals surface area contributed by atoms with Crippen LogP contribution in [-0.2, 0) is 6.54 Å². The van der Waals surface area contributed by atoms with Crippen molar-refractivity contribution in [3.63, 3.8) is 0 Å². The molecule has 0 atom stereocenters. The van der Waals surface area contributed by atoms with Crippen molar-refractivity contribution >= 4 is 22.3 Å². The summed E-state index contributed by atoms with van der Waals surface area (Å²) in [4.78, 5) is 13.9. The molecule has 1 aromatic carbocycles. The largest absolute Gasteiger partial charge is 0.439 e. The summed E-state index contributed by atoms with van der Waals surface area (Å²) in [5.41, 5.74) is 1.03. The number of hydrogen-bond acceptors (Lipinski definition) is 5. The zero-order valence-corrected chi connectivity index (χ0v) is 16.9. The van der Waals surface area contributed by atoms with Crippen molar-refractivity contribution in [2.45, 2.75) is 13.5 Å². The first-order valence-corrected chi connectivity index (χ1v) is 10.5. The molecule has 1 aliphatic heterocycles. The van der Waals surface area contributed by atoms with E-state index in [4.69, 9.17) is 9.41 Å². The summed E-state index contributed by atoms with van der Waals surface area (Å²) in [6.07, 6.45) is 1.77. The molecular weight excluding hydrogens is 370 g/mol. The van der Waals surface area contributed by atoms with E-state index < -0.39 is 0 Å². The van der Waals surface area contributed by atoms with Crippen LogP contribution in [0.1, 0.15) is 12.8 Å². The second-order valence-electron chi connectivity index (χ2n) is 6.58. The number of aliphatic imine (C=N–C) groups is 1. The predicted molar refractivity (Wildman–Crippen MR) is 115 cm³/mol. The first-order chi connectivity index (χ1) is 13.8. The van der Waals surface area contributed by atoms with Gasteiger partial charge in [-0.3, -0.25) is 0 Å². The van der Waals surface area contributed by atoms with Gasteiger partial charge in [-0.15, -0.1) is 11.3 Å². The summed E-state index contributed by atoms with van der Waals surface area (Å²) >= 11 is 1.80. The van der Waals surface area contributed by atoms with Crippen LogP contribution < -0.4 is 10.2 Å². The molecule has 3 aromatic rings. The Kier molecular flexibility index (Phi) is 5.92. The average Bonchev–Trinajstić information content (AvgIpc) is 3.44. The molecule has 28 heavy (non-hydrogen) atoms. The summed E-state index contributed by atoms with van der Waals surface area (Å²) in [6.45, 7) is 7.26. The number of anilines is 1. The van der Waals surface area contributed by atoms with Crippen molar-refractivity contribution in [2.75, 3.05) is 37.6 Å². The van der Waals surface area contributed by atoms with Crippen LogP contribution in [0.5, 0.6) is 0 Å². The van der Waals surface area contributed by atoms with E-state index in [1.54, 1.807) is 17.5 Å². The van der Waals surface area contributed by atoms with Crippen molar-refractivity contribution in [1.82, 2.24) is 15.2 Å². The van der Waals surface area contributed by atoms with Gasteiger partial charge in [0.2, 0.25) is 5.89 Å². The Bertz CT molecular complexity index is 883. The van der Waals surface area contributed by atoms with Crippen LogP contribution in [0.2, 0.25) is 0 Å². The minimum absolute atomic E-state index is 0.431. The molecule has 1 N–H and O–H groups in total. The molecule has 6 nitrogen and oxygen atoms in total. The first-order valence-electron chi connectivity index (χ1n) is 9.65. The molecule has 1 fully saturated rings. The van der Waals surface area contributed by atoms with Gasteiger partial charge in [0.05, 0.1) is 11.2 Å². The second-order valence-corrected chi connectivity index (χ2v) is 7.51. The normalized spacial score (nSPS) is 15.1. The van der Waals surface area contributed by atoms with E-state index in [0.29, 0.717) is 12.4 Å². The minimum Gasteiger partial charge on any atom is -0.439 e. The van der Waals surface area contributed by atoms with Crippen LogP contribution in [0.15, 0.2) is 63.5 Å². The molecular formula is C21H25N5OS. The van der Waals surface area contributed by atoms with Gasteiger partial charge in [-0.2, -0.15) is 0 Å². The molecule has 7 heteroatoms. The molecule has 0 radical (unpaired) electrons. The number of hydrogen-bond donors (Lipinski definition) is 1. The quantitative estimate of drug-likeness (QED) is 0.527. The molecule has 0 saturated carbocycles. The van der Waals surface area contributed by atoms with Crippen LogP contribution in [0.3, 0.4) is 0 Å². The maximum absolute atomic E-state index is 5.88. The lowest BCUT2D eigenvalue weighted by Gasteiger charge is -2.37. The van der Waals surface area contributed by atoms with E-state index in [2.05, 4.69) is 44.5 Å². The highest BCUT2D eigenvalue weighted by molar-refractivity contribution is 7.14. The molecule has 0 amide bonds. The predicted octanol–water partition coefficient (Wildman–Crippen LogP) is 3.69. The van der Waals surface area contributed by atoms with Gasteiger partial charge in [-0.05, 0) is 24.4 Å². The van der Waals surface area contributed by atoms with Crippen molar-refractivity contribution in [1.29, 1.82) is 0 Å². The van der Waals surface area contributed by atoms with Crippen LogP contribution >= 0.6 is 11.3 Å². The van der Waals surface area contributed by atoms with E-state index in [0.717, 1.165) is 50.0 Å². The third-order valence-corrected chi connectivity index (χ3v) is 5.64. The van der Waals surface area contributed by atoms with Gasteiger partial charge in [-0.25, -0.2) is 9.98 Å². The Balaban J connectivity index is 1.39. The number of aromatic nitrogens is 1. The highest BCUT2D eigenvalue weighted by Crippen LogP contribution is 2.23. The molecule has 2 aromatic heterocycles. The van der Waals surface area contributed by atoms with E-state index in [9.17, 15) is 0 Å². The topological polar surface area (TPSA) is 56.9 Å². The Hall–Kier alpha value is -2.80. The summed E-state index contributed by atoms with van der Waals surface area (Å²) in [7, 11) is 0. The number of guanidine groups is 1. The van der Waals surface area contributed by atoms with Crippen LogP contribution in [0.25, 0.3) is 11.3 Å². The highest BCUT2D eigenvalue weighted by atomic mass is 32.1. The van der Waals surface area contributed by atoms with Crippen molar-refractivity contribution in [3.05, 3.63) is 59.9 Å². The average molecular weight is 396 g/mol. The molecule has 4 rings (SSSR count). The zero-order valence-electron chi connectivity index (χ0n) is 16.0. The molecule has 0 unspecified atom stereocenters. The van der Waals surface area contributed by atoms with E-state index >= 15 is 0 Å². The Morgan fingerprint density at radius 3 is 2.68 bits per heavy atom. The van der Waals surface area contributed by atoms with Crippen LogP contribution in [-0.4, -0.2) is 48.6 Å². The fraction of sp³-hybridized carbons (Fsp3) is 0.333. The Morgan fingerprint density at radius 1 is 1.14 bits per heavy atom. The fourth-order valence-corrected chi connectivity index (χ4v) is 4.06. The minimum atomic E-state index is 0.431. The molecule has 1 saturated heterocycles. The molecule has 0 spiro atoms. The molecule has 3 heterocycles. The lowest BCUT2D eigenvalue weighted by molar-refractivity contribution is 0.372. The van der Waals surface area contributed by atoms with Crippen LogP contribution in [0, 0.1) is 0 Å². The number of benzene rings is 1. The maximum Gasteiger partial charge on any atom is 0.216 e. The molecule has 0 bridgehead atoms. The van der Waals surface area contributed by atoms with Gasteiger partial charge >= 0.3 is 0 Å². The van der Waals surface area contributed by atoms with Gasteiger partial charge in [0.25, 0.3) is 0 Å². The molecule has 146 valence electrons. The first kappa shape index (κ1) is 18.6. The van der Waals surface area contributed by atoms with Gasteiger partial charge < -0.3 is 19.5 Å². The SMILES string of the molecule is CCNC(=NCc1ncc(-c2ccccc2)o1)N1CCN(c2cccs2)CC1. The number of piperazine rings is 1. The number of nitrogens with zero attached hydrogens (tertiary/aromatic N) is 4.